The topological polar surface area (TPSA) is 68.0 Å². The molecule has 140 valence electrons. The third-order valence-electron chi connectivity index (χ3n) is 3.71. The Morgan fingerprint density at radius 3 is 2.44 bits per heavy atom. The van der Waals surface area contributed by atoms with Crippen molar-refractivity contribution in [2.45, 2.75) is 31.2 Å². The molecular weight excluding hydrogens is 372 g/mol. The van der Waals surface area contributed by atoms with Crippen LogP contribution in [0.5, 0.6) is 0 Å². The van der Waals surface area contributed by atoms with E-state index in [1.54, 1.807) is 6.92 Å². The predicted molar refractivity (Wildman–Crippen MR) is 99.5 cm³/mol. The van der Waals surface area contributed by atoms with Crippen LogP contribution in [0, 0.1) is 25.5 Å². The second-order valence-electron chi connectivity index (χ2n) is 6.13. The maximum Gasteiger partial charge on any atom is 0.277 e. The first kappa shape index (κ1) is 19.0. The highest BCUT2D eigenvalue weighted by molar-refractivity contribution is 8.00. The molecule has 0 radical (unpaired) electrons. The van der Waals surface area contributed by atoms with Gasteiger partial charge >= 0.3 is 0 Å². The van der Waals surface area contributed by atoms with Gasteiger partial charge in [0.15, 0.2) is 11.6 Å². The van der Waals surface area contributed by atoms with E-state index >= 15 is 0 Å². The fourth-order valence-corrected chi connectivity index (χ4v) is 3.18. The SMILES string of the molecule is Cc1cc(C)cc(-c2nnc(SC(C)C(=O)Nc3ccc(F)c(F)c3)o2)c1. The Bertz CT molecular complexity index is 971. The average molecular weight is 389 g/mol. The Hall–Kier alpha value is -2.74. The van der Waals surface area contributed by atoms with Gasteiger partial charge in [0, 0.05) is 17.3 Å². The number of hydrogen-bond acceptors (Lipinski definition) is 5. The molecule has 27 heavy (non-hydrogen) atoms. The smallest absolute Gasteiger partial charge is 0.277 e. The predicted octanol–water partition coefficient (Wildman–Crippen LogP) is 4.75. The zero-order chi connectivity index (χ0) is 19.6. The fourth-order valence-electron chi connectivity index (χ4n) is 2.49. The van der Waals surface area contributed by atoms with Gasteiger partial charge in [-0.3, -0.25) is 4.79 Å². The zero-order valence-corrected chi connectivity index (χ0v) is 15.7. The normalized spacial score (nSPS) is 12.0. The second kappa shape index (κ2) is 7.87. The largest absolute Gasteiger partial charge is 0.411 e. The third-order valence-corrected chi connectivity index (χ3v) is 4.64. The first-order valence-corrected chi connectivity index (χ1v) is 9.04. The summed E-state index contributed by atoms with van der Waals surface area (Å²) < 4.78 is 31.8. The Morgan fingerprint density at radius 2 is 1.78 bits per heavy atom. The number of amides is 1. The number of carbonyl (C=O) groups is 1. The molecule has 1 amide bonds. The molecule has 1 N–H and O–H groups in total. The van der Waals surface area contributed by atoms with Crippen LogP contribution < -0.4 is 5.32 Å². The number of anilines is 1. The van der Waals surface area contributed by atoms with Gasteiger partial charge < -0.3 is 9.73 Å². The van der Waals surface area contributed by atoms with Gasteiger partial charge in [-0.15, -0.1) is 10.2 Å². The maximum atomic E-state index is 13.2. The van der Waals surface area contributed by atoms with E-state index < -0.39 is 22.8 Å². The van der Waals surface area contributed by atoms with Crippen LogP contribution in [0.4, 0.5) is 14.5 Å². The number of nitrogens with zero attached hydrogens (tertiary/aromatic N) is 2. The average Bonchev–Trinajstić information content (AvgIpc) is 3.06. The molecule has 0 aliphatic heterocycles. The van der Waals surface area contributed by atoms with E-state index in [-0.39, 0.29) is 10.9 Å². The van der Waals surface area contributed by atoms with Gasteiger partial charge in [0.25, 0.3) is 5.22 Å². The van der Waals surface area contributed by atoms with E-state index in [9.17, 15) is 13.6 Å². The summed E-state index contributed by atoms with van der Waals surface area (Å²) in [5.41, 5.74) is 3.15. The van der Waals surface area contributed by atoms with Gasteiger partial charge in [-0.2, -0.15) is 0 Å². The second-order valence-corrected chi connectivity index (χ2v) is 7.42. The minimum absolute atomic E-state index is 0.174. The molecule has 3 aromatic rings. The molecule has 2 aromatic carbocycles. The molecule has 0 spiro atoms. The molecule has 1 heterocycles. The number of rotatable bonds is 5. The standard InChI is InChI=1S/C19H17F2N3O2S/c1-10-6-11(2)8-13(7-10)18-23-24-19(26-18)27-12(3)17(25)22-14-4-5-15(20)16(21)9-14/h4-9,12H,1-3H3,(H,22,25). The molecule has 0 saturated heterocycles. The van der Waals surface area contributed by atoms with Crippen molar-refractivity contribution in [3.8, 4) is 11.5 Å². The van der Waals surface area contributed by atoms with Gasteiger partial charge in [-0.05, 0) is 45.0 Å². The quantitative estimate of drug-likeness (QED) is 0.638. The van der Waals surface area contributed by atoms with Crippen LogP contribution in [0.25, 0.3) is 11.5 Å². The molecule has 0 saturated carbocycles. The highest BCUT2D eigenvalue weighted by Crippen LogP contribution is 2.28. The van der Waals surface area contributed by atoms with Crippen LogP contribution in [-0.4, -0.2) is 21.4 Å². The first-order valence-electron chi connectivity index (χ1n) is 8.16. The molecule has 1 unspecified atom stereocenters. The molecule has 5 nitrogen and oxygen atoms in total. The van der Waals surface area contributed by atoms with Gasteiger partial charge in [0.1, 0.15) is 0 Å². The fraction of sp³-hybridized carbons (Fsp3) is 0.211. The molecule has 0 bridgehead atoms. The van der Waals surface area contributed by atoms with Crippen LogP contribution in [-0.2, 0) is 4.79 Å². The van der Waals surface area contributed by atoms with E-state index in [0.29, 0.717) is 5.89 Å². The highest BCUT2D eigenvalue weighted by atomic mass is 32.2. The van der Waals surface area contributed by atoms with Crippen molar-refractivity contribution >= 4 is 23.4 Å². The van der Waals surface area contributed by atoms with Crippen LogP contribution in [0.1, 0.15) is 18.1 Å². The summed E-state index contributed by atoms with van der Waals surface area (Å²) in [5, 5.41) is 10.2. The van der Waals surface area contributed by atoms with E-state index in [4.69, 9.17) is 4.42 Å². The summed E-state index contributed by atoms with van der Waals surface area (Å²) in [6.07, 6.45) is 0. The van der Waals surface area contributed by atoms with Crippen molar-refractivity contribution in [1.29, 1.82) is 0 Å². The molecule has 0 fully saturated rings. The number of carbonyl (C=O) groups excluding carboxylic acids is 1. The summed E-state index contributed by atoms with van der Waals surface area (Å²) in [6, 6.07) is 9.09. The number of halogens is 2. The van der Waals surface area contributed by atoms with Crippen LogP contribution in [0.2, 0.25) is 0 Å². The summed E-state index contributed by atoms with van der Waals surface area (Å²) >= 11 is 1.08. The summed E-state index contributed by atoms with van der Waals surface area (Å²) in [5.74, 6) is -2.02. The lowest BCUT2D eigenvalue weighted by molar-refractivity contribution is -0.115. The van der Waals surface area contributed by atoms with Crippen molar-refractivity contribution in [2.24, 2.45) is 0 Å². The Morgan fingerprint density at radius 1 is 1.07 bits per heavy atom. The highest BCUT2D eigenvalue weighted by Gasteiger charge is 2.19. The number of aromatic nitrogens is 2. The lowest BCUT2D eigenvalue weighted by Crippen LogP contribution is -2.22. The number of nitrogens with one attached hydrogen (secondary N) is 1. The molecule has 0 aliphatic carbocycles. The minimum atomic E-state index is -1.02. The molecule has 8 heteroatoms. The van der Waals surface area contributed by atoms with Crippen molar-refractivity contribution in [3.63, 3.8) is 0 Å². The third kappa shape index (κ3) is 4.71. The van der Waals surface area contributed by atoms with Gasteiger partial charge in [-0.25, -0.2) is 8.78 Å². The number of benzene rings is 2. The van der Waals surface area contributed by atoms with Crippen molar-refractivity contribution in [2.75, 3.05) is 5.32 Å². The van der Waals surface area contributed by atoms with Gasteiger partial charge in [0.2, 0.25) is 11.8 Å². The molecule has 0 aliphatic rings. The maximum absolute atomic E-state index is 13.2. The lowest BCUT2D eigenvalue weighted by atomic mass is 10.1. The monoisotopic (exact) mass is 389 g/mol. The van der Waals surface area contributed by atoms with Crippen molar-refractivity contribution in [1.82, 2.24) is 10.2 Å². The zero-order valence-electron chi connectivity index (χ0n) is 14.9. The Balaban J connectivity index is 1.67. The lowest BCUT2D eigenvalue weighted by Gasteiger charge is -2.10. The Kier molecular flexibility index (Phi) is 5.55. The summed E-state index contributed by atoms with van der Waals surface area (Å²) in [4.78, 5) is 12.2. The summed E-state index contributed by atoms with van der Waals surface area (Å²) in [7, 11) is 0. The minimum Gasteiger partial charge on any atom is -0.411 e. The van der Waals surface area contributed by atoms with Crippen LogP contribution >= 0.6 is 11.8 Å². The van der Waals surface area contributed by atoms with Crippen LogP contribution in [0.15, 0.2) is 46.0 Å². The van der Waals surface area contributed by atoms with E-state index in [0.717, 1.165) is 40.6 Å². The molecular formula is C19H17F2N3O2S. The first-order chi connectivity index (χ1) is 12.8. The van der Waals surface area contributed by atoms with Gasteiger partial charge in [-0.1, -0.05) is 29.0 Å². The van der Waals surface area contributed by atoms with E-state index in [1.807, 2.05) is 32.0 Å². The number of aryl methyl sites for hydroxylation is 2. The van der Waals surface area contributed by atoms with Crippen molar-refractivity contribution in [3.05, 3.63) is 59.2 Å². The molecule has 3 rings (SSSR count). The number of thioether (sulfide) groups is 1. The van der Waals surface area contributed by atoms with E-state index in [2.05, 4.69) is 15.5 Å². The molecule has 1 aromatic heterocycles. The van der Waals surface area contributed by atoms with Gasteiger partial charge in [0.05, 0.1) is 5.25 Å². The van der Waals surface area contributed by atoms with Crippen LogP contribution in [0.3, 0.4) is 0 Å². The summed E-state index contributed by atoms with van der Waals surface area (Å²) in [6.45, 7) is 5.61. The number of hydrogen-bond donors (Lipinski definition) is 1. The van der Waals surface area contributed by atoms with E-state index in [1.165, 1.54) is 6.07 Å². The molecule has 1 atom stereocenters. The Labute approximate surface area is 159 Å². The van der Waals surface area contributed by atoms with Crippen molar-refractivity contribution < 1.29 is 18.0 Å².